The van der Waals surface area contributed by atoms with Crippen LogP contribution in [0.15, 0.2) is 48.5 Å². The normalized spacial score (nSPS) is 9.95. The highest BCUT2D eigenvalue weighted by Crippen LogP contribution is 2.21. The predicted octanol–water partition coefficient (Wildman–Crippen LogP) is 2.67. The van der Waals surface area contributed by atoms with Crippen LogP contribution in [0.4, 0.5) is 11.4 Å². The molecular formula is C15H16N2O2. The summed E-state index contributed by atoms with van der Waals surface area (Å²) in [5.74, 6) is -0.372. The van der Waals surface area contributed by atoms with E-state index in [9.17, 15) is 4.79 Å². The summed E-state index contributed by atoms with van der Waals surface area (Å²) in [5, 5.41) is 3.22. The monoisotopic (exact) mass is 256 g/mol. The fraction of sp³-hybridized carbons (Fsp3) is 0.133. The molecule has 3 N–H and O–H groups in total. The van der Waals surface area contributed by atoms with Gasteiger partial charge in [-0.3, -0.25) is 0 Å². The molecule has 2 rings (SSSR count). The van der Waals surface area contributed by atoms with Gasteiger partial charge in [0.2, 0.25) is 0 Å². The second-order valence-electron chi connectivity index (χ2n) is 4.13. The molecular weight excluding hydrogens is 240 g/mol. The van der Waals surface area contributed by atoms with Gasteiger partial charge in [0.05, 0.1) is 24.0 Å². The fourth-order valence-electron chi connectivity index (χ4n) is 1.75. The Hall–Kier alpha value is -2.49. The minimum atomic E-state index is -0.372. The summed E-state index contributed by atoms with van der Waals surface area (Å²) in [5.41, 5.74) is 8.83. The number of esters is 1. The van der Waals surface area contributed by atoms with E-state index in [1.165, 1.54) is 7.11 Å². The minimum absolute atomic E-state index is 0.372. The van der Waals surface area contributed by atoms with Crippen molar-refractivity contribution < 1.29 is 9.53 Å². The number of anilines is 2. The predicted molar refractivity (Wildman–Crippen MR) is 76.0 cm³/mol. The number of benzene rings is 2. The number of nitrogens with one attached hydrogen (secondary N) is 1. The lowest BCUT2D eigenvalue weighted by Crippen LogP contribution is -2.06. The largest absolute Gasteiger partial charge is 0.465 e. The number of hydrogen-bond donors (Lipinski definition) is 2. The van der Waals surface area contributed by atoms with Crippen LogP contribution in [0.1, 0.15) is 15.9 Å². The van der Waals surface area contributed by atoms with Crippen molar-refractivity contribution in [2.75, 3.05) is 18.2 Å². The molecule has 4 heteroatoms. The highest BCUT2D eigenvalue weighted by Gasteiger charge is 2.08. The van der Waals surface area contributed by atoms with Gasteiger partial charge in [-0.1, -0.05) is 30.3 Å². The molecule has 0 radical (unpaired) electrons. The smallest absolute Gasteiger partial charge is 0.337 e. The van der Waals surface area contributed by atoms with Crippen LogP contribution in [0, 0.1) is 0 Å². The third-order valence-corrected chi connectivity index (χ3v) is 2.80. The zero-order valence-electron chi connectivity index (χ0n) is 10.7. The van der Waals surface area contributed by atoms with Gasteiger partial charge >= 0.3 is 5.97 Å². The first-order chi connectivity index (χ1) is 9.20. The van der Waals surface area contributed by atoms with Gasteiger partial charge in [0, 0.05) is 6.54 Å². The molecule has 0 aromatic heterocycles. The van der Waals surface area contributed by atoms with Gasteiger partial charge in [0.25, 0.3) is 0 Å². The average molecular weight is 256 g/mol. The van der Waals surface area contributed by atoms with Gasteiger partial charge in [-0.15, -0.1) is 0 Å². The molecule has 0 aliphatic heterocycles. The van der Waals surface area contributed by atoms with Crippen LogP contribution in [0.5, 0.6) is 0 Å². The summed E-state index contributed by atoms with van der Waals surface area (Å²) in [6, 6.07) is 15.0. The first kappa shape index (κ1) is 13.0. The summed E-state index contributed by atoms with van der Waals surface area (Å²) in [4.78, 5) is 11.5. The van der Waals surface area contributed by atoms with Gasteiger partial charge in [-0.25, -0.2) is 4.79 Å². The Balaban J connectivity index is 2.13. The van der Waals surface area contributed by atoms with Gasteiger partial charge in [0.15, 0.2) is 0 Å². The molecule has 0 aliphatic carbocycles. The van der Waals surface area contributed by atoms with E-state index in [1.807, 2.05) is 30.3 Å². The average Bonchev–Trinajstić information content (AvgIpc) is 2.46. The number of nitrogens with two attached hydrogens (primary N) is 1. The number of carbonyl (C=O) groups excluding carboxylic acids is 1. The number of methoxy groups -OCH3 is 1. The molecule has 0 aliphatic rings. The van der Waals surface area contributed by atoms with E-state index in [0.717, 1.165) is 11.3 Å². The molecule has 0 unspecified atom stereocenters. The van der Waals surface area contributed by atoms with Crippen LogP contribution in [0.2, 0.25) is 0 Å². The van der Waals surface area contributed by atoms with Crippen molar-refractivity contribution in [2.24, 2.45) is 0 Å². The van der Waals surface area contributed by atoms with Crippen molar-refractivity contribution in [1.29, 1.82) is 0 Å². The van der Waals surface area contributed by atoms with Gasteiger partial charge < -0.3 is 15.8 Å². The van der Waals surface area contributed by atoms with Crippen LogP contribution < -0.4 is 11.1 Å². The quantitative estimate of drug-likeness (QED) is 0.652. The third-order valence-electron chi connectivity index (χ3n) is 2.80. The molecule has 98 valence electrons. The zero-order valence-corrected chi connectivity index (χ0v) is 10.7. The molecule has 19 heavy (non-hydrogen) atoms. The number of ether oxygens (including phenoxy) is 1. The highest BCUT2D eigenvalue weighted by molar-refractivity contribution is 5.91. The molecule has 0 bridgehead atoms. The summed E-state index contributed by atoms with van der Waals surface area (Å²) >= 11 is 0. The Bertz CT molecular complexity index is 568. The first-order valence-electron chi connectivity index (χ1n) is 5.96. The second-order valence-corrected chi connectivity index (χ2v) is 4.13. The number of rotatable bonds is 4. The van der Waals surface area contributed by atoms with E-state index in [2.05, 4.69) is 10.1 Å². The van der Waals surface area contributed by atoms with Crippen molar-refractivity contribution >= 4 is 17.3 Å². The van der Waals surface area contributed by atoms with Gasteiger partial charge in [-0.2, -0.15) is 0 Å². The lowest BCUT2D eigenvalue weighted by molar-refractivity contribution is 0.0601. The molecule has 0 heterocycles. The van der Waals surface area contributed by atoms with Crippen LogP contribution >= 0.6 is 0 Å². The van der Waals surface area contributed by atoms with E-state index in [4.69, 9.17) is 5.73 Å². The zero-order chi connectivity index (χ0) is 13.7. The van der Waals surface area contributed by atoms with Crippen molar-refractivity contribution in [1.82, 2.24) is 0 Å². The molecule has 0 saturated carbocycles. The van der Waals surface area contributed by atoms with E-state index >= 15 is 0 Å². The van der Waals surface area contributed by atoms with Crippen molar-refractivity contribution in [3.05, 3.63) is 59.7 Å². The lowest BCUT2D eigenvalue weighted by atomic mass is 10.1. The Labute approximate surface area is 112 Å². The van der Waals surface area contributed by atoms with Gasteiger partial charge in [-0.05, 0) is 23.8 Å². The van der Waals surface area contributed by atoms with Crippen LogP contribution in [0.3, 0.4) is 0 Å². The van der Waals surface area contributed by atoms with Crippen molar-refractivity contribution in [3.63, 3.8) is 0 Å². The molecule has 0 fully saturated rings. The minimum Gasteiger partial charge on any atom is -0.465 e. The van der Waals surface area contributed by atoms with Crippen LogP contribution in [-0.2, 0) is 11.3 Å². The molecule has 2 aromatic rings. The van der Waals surface area contributed by atoms with Crippen LogP contribution in [-0.4, -0.2) is 13.1 Å². The van der Waals surface area contributed by atoms with E-state index in [0.29, 0.717) is 17.8 Å². The fourth-order valence-corrected chi connectivity index (χ4v) is 1.75. The lowest BCUT2D eigenvalue weighted by Gasteiger charge is -2.10. The molecule has 0 saturated heterocycles. The third kappa shape index (κ3) is 3.25. The van der Waals surface area contributed by atoms with E-state index in [1.54, 1.807) is 18.2 Å². The van der Waals surface area contributed by atoms with E-state index in [-0.39, 0.29) is 5.97 Å². The molecule has 0 amide bonds. The van der Waals surface area contributed by atoms with Crippen molar-refractivity contribution in [3.8, 4) is 0 Å². The van der Waals surface area contributed by atoms with Gasteiger partial charge in [0.1, 0.15) is 0 Å². The second kappa shape index (κ2) is 5.91. The maximum Gasteiger partial charge on any atom is 0.337 e. The number of hydrogen-bond acceptors (Lipinski definition) is 4. The Morgan fingerprint density at radius 1 is 1.21 bits per heavy atom. The first-order valence-corrected chi connectivity index (χ1v) is 5.96. The molecule has 4 nitrogen and oxygen atoms in total. The Morgan fingerprint density at radius 2 is 1.95 bits per heavy atom. The number of nitrogen functional groups attached to an aromatic ring is 1. The summed E-state index contributed by atoms with van der Waals surface area (Å²) in [7, 11) is 1.36. The standard InChI is InChI=1S/C15H16N2O2/c1-19-15(18)12-7-8-13(16)14(9-12)17-10-11-5-3-2-4-6-11/h2-9,17H,10,16H2,1H3. The van der Waals surface area contributed by atoms with E-state index < -0.39 is 0 Å². The highest BCUT2D eigenvalue weighted by atomic mass is 16.5. The maximum absolute atomic E-state index is 11.5. The van der Waals surface area contributed by atoms with Crippen molar-refractivity contribution in [2.45, 2.75) is 6.54 Å². The Morgan fingerprint density at radius 3 is 2.63 bits per heavy atom. The molecule has 2 aromatic carbocycles. The maximum atomic E-state index is 11.5. The SMILES string of the molecule is COC(=O)c1ccc(N)c(NCc2ccccc2)c1. The summed E-state index contributed by atoms with van der Waals surface area (Å²) in [6.45, 7) is 0.648. The summed E-state index contributed by atoms with van der Waals surface area (Å²) < 4.78 is 4.69. The number of carbonyl (C=O) groups is 1. The molecule has 0 atom stereocenters. The Kier molecular flexibility index (Phi) is 4.03. The topological polar surface area (TPSA) is 64.3 Å². The summed E-state index contributed by atoms with van der Waals surface area (Å²) in [6.07, 6.45) is 0. The van der Waals surface area contributed by atoms with Crippen LogP contribution in [0.25, 0.3) is 0 Å². The molecule has 0 spiro atoms.